The molecular formula is C33H42F6N6O4. The second-order valence-electron chi connectivity index (χ2n) is 12.4. The fourth-order valence-corrected chi connectivity index (χ4v) is 6.03. The summed E-state index contributed by atoms with van der Waals surface area (Å²) in [4.78, 5) is 38.2. The van der Waals surface area contributed by atoms with E-state index in [1.165, 1.54) is 12.1 Å². The molecule has 1 saturated carbocycles. The Hall–Kier alpha value is -4.50. The third-order valence-corrected chi connectivity index (χ3v) is 8.82. The number of likely N-dealkylation sites (tertiary alicyclic amines) is 1. The lowest BCUT2D eigenvalue weighted by molar-refractivity contribution is -0.192. The number of anilines is 1. The van der Waals surface area contributed by atoms with Crippen molar-refractivity contribution in [3.8, 4) is 0 Å². The molecule has 0 bridgehead atoms. The predicted molar refractivity (Wildman–Crippen MR) is 170 cm³/mol. The maximum Gasteiger partial charge on any atom is 0.490 e. The average molecular weight is 701 g/mol. The van der Waals surface area contributed by atoms with Gasteiger partial charge in [-0.15, -0.1) is 0 Å². The van der Waals surface area contributed by atoms with E-state index in [4.69, 9.17) is 26.8 Å². The van der Waals surface area contributed by atoms with Gasteiger partial charge in [-0.3, -0.25) is 15.0 Å². The van der Waals surface area contributed by atoms with E-state index < -0.39 is 41.8 Å². The molecule has 1 unspecified atom stereocenters. The number of carbonyl (C=O) groups is 3. The molecule has 1 aliphatic carbocycles. The average Bonchev–Trinajstić information content (AvgIpc) is 3.05. The first-order valence-electron chi connectivity index (χ1n) is 15.9. The first kappa shape index (κ1) is 38.9. The third kappa shape index (κ3) is 12.2. The lowest BCUT2D eigenvalue weighted by Gasteiger charge is -2.34. The van der Waals surface area contributed by atoms with Crippen LogP contribution in [0.1, 0.15) is 67.6 Å². The highest BCUT2D eigenvalue weighted by molar-refractivity contribution is 5.91. The molecular weight excluding hydrogens is 658 g/mol. The van der Waals surface area contributed by atoms with E-state index in [0.29, 0.717) is 25.3 Å². The summed E-state index contributed by atoms with van der Waals surface area (Å²) in [5.74, 6) is -4.21. The van der Waals surface area contributed by atoms with Crippen LogP contribution in [0.3, 0.4) is 0 Å². The van der Waals surface area contributed by atoms with Gasteiger partial charge in [-0.1, -0.05) is 49.6 Å². The van der Waals surface area contributed by atoms with Crippen LogP contribution in [0.5, 0.6) is 0 Å². The summed E-state index contributed by atoms with van der Waals surface area (Å²) < 4.78 is 72.5. The van der Waals surface area contributed by atoms with Crippen molar-refractivity contribution in [1.82, 2.24) is 15.5 Å². The Kier molecular flexibility index (Phi) is 13.7. The van der Waals surface area contributed by atoms with Gasteiger partial charge in [-0.25, -0.2) is 4.79 Å². The maximum atomic E-state index is 13.9. The van der Waals surface area contributed by atoms with E-state index in [-0.39, 0.29) is 35.7 Å². The van der Waals surface area contributed by atoms with Gasteiger partial charge in [-0.05, 0) is 73.3 Å². The molecule has 0 spiro atoms. The minimum Gasteiger partial charge on any atom is -0.475 e. The van der Waals surface area contributed by atoms with Crippen molar-refractivity contribution in [2.24, 2.45) is 17.6 Å². The summed E-state index contributed by atoms with van der Waals surface area (Å²) in [5.41, 5.74) is 12.1. The first-order valence-corrected chi connectivity index (χ1v) is 15.9. The molecule has 8 N–H and O–H groups in total. The van der Waals surface area contributed by atoms with Crippen LogP contribution in [0.15, 0.2) is 48.5 Å². The maximum absolute atomic E-state index is 13.9. The molecule has 0 aromatic heterocycles. The predicted octanol–water partition coefficient (Wildman–Crippen LogP) is 5.03. The van der Waals surface area contributed by atoms with E-state index in [1.54, 1.807) is 29.2 Å². The number of nitrogen functional groups attached to an aromatic ring is 1. The zero-order chi connectivity index (χ0) is 36.4. The summed E-state index contributed by atoms with van der Waals surface area (Å²) in [5, 5.41) is 20.8. The topological polar surface area (TPSA) is 175 Å². The molecule has 49 heavy (non-hydrogen) atoms. The van der Waals surface area contributed by atoms with E-state index in [2.05, 4.69) is 10.6 Å². The van der Waals surface area contributed by atoms with E-state index >= 15 is 0 Å². The number of hydrogen-bond donors (Lipinski definition) is 6. The van der Waals surface area contributed by atoms with Gasteiger partial charge in [0.25, 0.3) is 0 Å². The van der Waals surface area contributed by atoms with Crippen LogP contribution in [-0.4, -0.2) is 65.6 Å². The molecule has 2 aromatic rings. The van der Waals surface area contributed by atoms with Crippen LogP contribution >= 0.6 is 0 Å². The SMILES string of the molecule is N=C(N)N1CCC(CNC(=O)[C@@H](NC(=O)C(Cc2ccc(N)cc2)c2cccc(C(F)(F)F)c2)C2CCCCC2)CC1.O=C(O)C(F)(F)F. The number of halogens is 6. The van der Waals surface area contributed by atoms with Crippen molar-refractivity contribution in [2.75, 3.05) is 25.4 Å². The Labute approximate surface area is 280 Å². The number of nitrogens with one attached hydrogen (secondary N) is 3. The Balaban J connectivity index is 0.000000838. The highest BCUT2D eigenvalue weighted by atomic mass is 19.4. The zero-order valence-corrected chi connectivity index (χ0v) is 26.7. The molecule has 2 aromatic carbocycles. The number of piperidine rings is 1. The van der Waals surface area contributed by atoms with Gasteiger partial charge in [0.05, 0.1) is 11.5 Å². The van der Waals surface area contributed by atoms with Crippen LogP contribution in [0, 0.1) is 17.2 Å². The lowest BCUT2D eigenvalue weighted by Crippen LogP contribution is -2.53. The fraction of sp³-hybridized carbons (Fsp3) is 0.515. The number of benzene rings is 2. The molecule has 0 radical (unpaired) electrons. The number of nitrogens with two attached hydrogens (primary N) is 2. The quantitative estimate of drug-likeness (QED) is 0.0921. The number of alkyl halides is 6. The number of carboxylic acid groups (broad SMARTS) is 1. The summed E-state index contributed by atoms with van der Waals surface area (Å²) in [6.45, 7) is 1.76. The standard InChI is InChI=1S/C31H41F3N6O2.C2HF3O2/c32-31(33,34)24-8-4-7-23(18-24)26(17-20-9-11-25(35)12-10-20)28(41)39-27(22-5-2-1-3-6-22)29(42)38-19-21-13-15-40(16-14-21)30(36)37;3-2(4,5)1(6)7/h4,7-12,18,21-22,26-27H,1-3,5-6,13-17,19,35H2,(H3,36,37)(H,38,42)(H,39,41);(H,6,7)/t26?,27-;/m0./s1. The van der Waals surface area contributed by atoms with E-state index in [1.807, 2.05) is 0 Å². The van der Waals surface area contributed by atoms with Gasteiger partial charge in [0.2, 0.25) is 11.8 Å². The van der Waals surface area contributed by atoms with Crippen LogP contribution in [0.4, 0.5) is 32.0 Å². The molecule has 1 aliphatic heterocycles. The number of carboxylic acids is 1. The Morgan fingerprint density at radius 1 is 0.918 bits per heavy atom. The molecule has 16 heteroatoms. The highest BCUT2D eigenvalue weighted by Gasteiger charge is 2.38. The normalized spacial score (nSPS) is 17.2. The molecule has 10 nitrogen and oxygen atoms in total. The smallest absolute Gasteiger partial charge is 0.475 e. The lowest BCUT2D eigenvalue weighted by atomic mass is 9.82. The van der Waals surface area contributed by atoms with Gasteiger partial charge in [-0.2, -0.15) is 26.3 Å². The highest BCUT2D eigenvalue weighted by Crippen LogP contribution is 2.33. The third-order valence-electron chi connectivity index (χ3n) is 8.82. The number of hydrogen-bond acceptors (Lipinski definition) is 5. The summed E-state index contributed by atoms with van der Waals surface area (Å²) in [7, 11) is 0. The van der Waals surface area contributed by atoms with Gasteiger partial charge < -0.3 is 32.1 Å². The van der Waals surface area contributed by atoms with Crippen molar-refractivity contribution >= 4 is 29.4 Å². The summed E-state index contributed by atoms with van der Waals surface area (Å²) in [6, 6.07) is 11.0. The monoisotopic (exact) mass is 700 g/mol. The van der Waals surface area contributed by atoms with Crippen molar-refractivity contribution in [3.63, 3.8) is 0 Å². The minimum atomic E-state index is -5.08. The number of guanidine groups is 1. The van der Waals surface area contributed by atoms with Crippen molar-refractivity contribution in [1.29, 1.82) is 5.41 Å². The van der Waals surface area contributed by atoms with Crippen LogP contribution < -0.4 is 22.1 Å². The van der Waals surface area contributed by atoms with Crippen molar-refractivity contribution < 1.29 is 45.8 Å². The van der Waals surface area contributed by atoms with Crippen LogP contribution in [0.25, 0.3) is 0 Å². The first-order chi connectivity index (χ1) is 23.0. The van der Waals surface area contributed by atoms with Gasteiger partial charge in [0.1, 0.15) is 6.04 Å². The van der Waals surface area contributed by atoms with E-state index in [9.17, 15) is 35.9 Å². The Morgan fingerprint density at radius 3 is 2.04 bits per heavy atom. The summed E-state index contributed by atoms with van der Waals surface area (Å²) in [6.07, 6.45) is -3.34. The number of aliphatic carboxylic acids is 1. The van der Waals surface area contributed by atoms with E-state index in [0.717, 1.165) is 62.6 Å². The molecule has 2 amide bonds. The number of carbonyl (C=O) groups excluding carboxylic acids is 2. The molecule has 2 aliphatic rings. The molecule has 270 valence electrons. The van der Waals surface area contributed by atoms with Crippen LogP contribution in [0.2, 0.25) is 0 Å². The number of nitrogens with zero attached hydrogens (tertiary/aromatic N) is 1. The molecule has 1 saturated heterocycles. The molecule has 2 atom stereocenters. The molecule has 1 heterocycles. The second kappa shape index (κ2) is 17.2. The number of amides is 2. The summed E-state index contributed by atoms with van der Waals surface area (Å²) >= 11 is 0. The Bertz CT molecular complexity index is 1420. The van der Waals surface area contributed by atoms with Gasteiger partial charge >= 0.3 is 18.3 Å². The van der Waals surface area contributed by atoms with Crippen LogP contribution in [-0.2, 0) is 27.0 Å². The molecule has 4 rings (SSSR count). The van der Waals surface area contributed by atoms with Crippen molar-refractivity contribution in [3.05, 3.63) is 65.2 Å². The number of rotatable bonds is 9. The zero-order valence-electron chi connectivity index (χ0n) is 26.7. The van der Waals surface area contributed by atoms with Crippen molar-refractivity contribution in [2.45, 2.75) is 75.7 Å². The van der Waals surface area contributed by atoms with Gasteiger partial charge in [0.15, 0.2) is 5.96 Å². The van der Waals surface area contributed by atoms with Gasteiger partial charge in [0, 0.05) is 25.3 Å². The fourth-order valence-electron chi connectivity index (χ4n) is 6.03. The largest absolute Gasteiger partial charge is 0.490 e. The second-order valence-corrected chi connectivity index (χ2v) is 12.4. The molecule has 2 fully saturated rings. The Morgan fingerprint density at radius 2 is 1.51 bits per heavy atom. The minimum absolute atomic E-state index is 0.0480.